The largest absolute Gasteiger partial charge is 0.416 e. The molecule has 1 heterocycles. The van der Waals surface area contributed by atoms with Crippen LogP contribution in [0.1, 0.15) is 35.7 Å². The smallest absolute Gasteiger partial charge is 0.357 e. The summed E-state index contributed by atoms with van der Waals surface area (Å²) >= 11 is 5.91. The molecule has 0 fully saturated rings. The number of benzene rings is 1. The van der Waals surface area contributed by atoms with Crippen LogP contribution in [0, 0.1) is 6.92 Å². The molecule has 1 aromatic heterocycles. The van der Waals surface area contributed by atoms with Crippen molar-refractivity contribution in [2.75, 3.05) is 23.3 Å². The molecular formula is C17H18ClF3N4O. The minimum atomic E-state index is -4.54. The molecule has 0 spiro atoms. The first-order valence-electron chi connectivity index (χ1n) is 7.94. The molecule has 0 saturated carbocycles. The molecule has 1 aromatic carbocycles. The second-order valence-corrected chi connectivity index (χ2v) is 5.88. The third-order valence-corrected chi connectivity index (χ3v) is 4.02. The number of alkyl halides is 3. The van der Waals surface area contributed by atoms with Gasteiger partial charge in [0, 0.05) is 19.2 Å². The van der Waals surface area contributed by atoms with Gasteiger partial charge in [-0.1, -0.05) is 11.6 Å². The second kappa shape index (κ2) is 7.90. The van der Waals surface area contributed by atoms with E-state index in [0.29, 0.717) is 24.7 Å². The van der Waals surface area contributed by atoms with Gasteiger partial charge in [-0.05, 0) is 39.0 Å². The molecule has 0 saturated heterocycles. The van der Waals surface area contributed by atoms with Gasteiger partial charge in [0.25, 0.3) is 5.91 Å². The van der Waals surface area contributed by atoms with Crippen molar-refractivity contribution in [3.8, 4) is 0 Å². The number of nitrogens with zero attached hydrogens (tertiary/aromatic N) is 3. The van der Waals surface area contributed by atoms with Crippen molar-refractivity contribution in [2.24, 2.45) is 0 Å². The standard InChI is InChI=1S/C17H18ClF3N4O/c1-4-25(5-2)15-9-14(22-10(3)23-15)16(26)24-13-8-11(17(19,20)21)6-7-12(13)18/h6-9H,4-5H2,1-3H3,(H,24,26). The van der Waals surface area contributed by atoms with Crippen LogP contribution in [-0.4, -0.2) is 29.0 Å². The van der Waals surface area contributed by atoms with Crippen molar-refractivity contribution in [3.63, 3.8) is 0 Å². The molecule has 0 aliphatic heterocycles. The number of rotatable bonds is 5. The zero-order valence-electron chi connectivity index (χ0n) is 14.5. The minimum absolute atomic E-state index is 0.00101. The lowest BCUT2D eigenvalue weighted by Crippen LogP contribution is -2.25. The third-order valence-electron chi connectivity index (χ3n) is 3.69. The van der Waals surface area contributed by atoms with Crippen LogP contribution >= 0.6 is 11.6 Å². The second-order valence-electron chi connectivity index (χ2n) is 5.48. The Balaban J connectivity index is 2.33. The van der Waals surface area contributed by atoms with E-state index in [1.807, 2.05) is 18.7 Å². The molecular weight excluding hydrogens is 369 g/mol. The van der Waals surface area contributed by atoms with Crippen LogP contribution in [0.2, 0.25) is 5.02 Å². The first kappa shape index (κ1) is 20.0. The molecule has 1 N–H and O–H groups in total. The van der Waals surface area contributed by atoms with E-state index in [4.69, 9.17) is 11.6 Å². The van der Waals surface area contributed by atoms with E-state index in [1.54, 1.807) is 6.92 Å². The van der Waals surface area contributed by atoms with Crippen molar-refractivity contribution >= 4 is 29.0 Å². The molecule has 0 aliphatic rings. The van der Waals surface area contributed by atoms with E-state index >= 15 is 0 Å². The SMILES string of the molecule is CCN(CC)c1cc(C(=O)Nc2cc(C(F)(F)F)ccc2Cl)nc(C)n1. The summed E-state index contributed by atoms with van der Waals surface area (Å²) in [6.45, 7) is 6.91. The van der Waals surface area contributed by atoms with E-state index in [9.17, 15) is 18.0 Å². The Morgan fingerprint density at radius 1 is 1.19 bits per heavy atom. The highest BCUT2D eigenvalue weighted by Crippen LogP contribution is 2.34. The fourth-order valence-corrected chi connectivity index (χ4v) is 2.53. The van der Waals surface area contributed by atoms with Crippen LogP contribution in [0.25, 0.3) is 0 Å². The predicted octanol–water partition coefficient (Wildman–Crippen LogP) is 4.56. The number of carbonyl (C=O) groups excluding carboxylic acids is 1. The summed E-state index contributed by atoms with van der Waals surface area (Å²) in [5.41, 5.74) is -0.986. The Bertz CT molecular complexity index is 807. The van der Waals surface area contributed by atoms with Gasteiger partial charge < -0.3 is 10.2 Å². The Morgan fingerprint density at radius 2 is 1.85 bits per heavy atom. The molecule has 26 heavy (non-hydrogen) atoms. The number of amides is 1. The molecule has 2 aromatic rings. The van der Waals surface area contributed by atoms with Crippen molar-refractivity contribution in [3.05, 3.63) is 46.4 Å². The molecule has 0 bridgehead atoms. The number of aryl methyl sites for hydroxylation is 1. The highest BCUT2D eigenvalue weighted by molar-refractivity contribution is 6.33. The van der Waals surface area contributed by atoms with Gasteiger partial charge in [-0.25, -0.2) is 9.97 Å². The van der Waals surface area contributed by atoms with Crippen LogP contribution in [0.4, 0.5) is 24.7 Å². The predicted molar refractivity (Wildman–Crippen MR) is 94.7 cm³/mol. The maximum Gasteiger partial charge on any atom is 0.416 e. The molecule has 0 aliphatic carbocycles. The van der Waals surface area contributed by atoms with Gasteiger partial charge in [0.05, 0.1) is 16.3 Å². The summed E-state index contributed by atoms with van der Waals surface area (Å²) in [5.74, 6) is 0.294. The highest BCUT2D eigenvalue weighted by atomic mass is 35.5. The Hall–Kier alpha value is -2.35. The number of hydrogen-bond donors (Lipinski definition) is 1. The summed E-state index contributed by atoms with van der Waals surface area (Å²) < 4.78 is 38.6. The molecule has 1 amide bonds. The maximum atomic E-state index is 12.9. The van der Waals surface area contributed by atoms with Crippen molar-refractivity contribution < 1.29 is 18.0 Å². The Labute approximate surface area is 154 Å². The van der Waals surface area contributed by atoms with Gasteiger partial charge in [0.2, 0.25) is 0 Å². The van der Waals surface area contributed by atoms with Crippen LogP contribution in [0.5, 0.6) is 0 Å². The highest BCUT2D eigenvalue weighted by Gasteiger charge is 2.31. The maximum absolute atomic E-state index is 12.9. The van der Waals surface area contributed by atoms with Crippen LogP contribution in [-0.2, 0) is 6.18 Å². The molecule has 140 valence electrons. The average molecular weight is 387 g/mol. The summed E-state index contributed by atoms with van der Waals surface area (Å²) in [5, 5.41) is 2.39. The zero-order valence-corrected chi connectivity index (χ0v) is 15.2. The van der Waals surface area contributed by atoms with Crippen LogP contribution in [0.15, 0.2) is 24.3 Å². The zero-order chi connectivity index (χ0) is 19.5. The molecule has 0 atom stereocenters. The van der Waals surface area contributed by atoms with Gasteiger partial charge in [0.1, 0.15) is 17.3 Å². The van der Waals surface area contributed by atoms with Gasteiger partial charge in [-0.2, -0.15) is 13.2 Å². The first-order valence-corrected chi connectivity index (χ1v) is 8.32. The normalized spacial score (nSPS) is 11.3. The van der Waals surface area contributed by atoms with Crippen molar-refractivity contribution in [1.29, 1.82) is 0 Å². The number of anilines is 2. The lowest BCUT2D eigenvalue weighted by atomic mass is 10.2. The summed E-state index contributed by atoms with van der Waals surface area (Å²) in [6, 6.07) is 4.23. The quantitative estimate of drug-likeness (QED) is 0.818. The van der Waals surface area contributed by atoms with Crippen molar-refractivity contribution in [2.45, 2.75) is 26.9 Å². The number of carbonyl (C=O) groups is 1. The number of nitrogens with one attached hydrogen (secondary N) is 1. The Morgan fingerprint density at radius 3 is 2.42 bits per heavy atom. The van der Waals surface area contributed by atoms with Gasteiger partial charge in [-0.3, -0.25) is 4.79 Å². The van der Waals surface area contributed by atoms with Crippen LogP contribution in [0.3, 0.4) is 0 Å². The molecule has 5 nitrogen and oxygen atoms in total. The van der Waals surface area contributed by atoms with E-state index in [2.05, 4.69) is 15.3 Å². The first-order chi connectivity index (χ1) is 12.2. The number of halogens is 4. The number of hydrogen-bond acceptors (Lipinski definition) is 4. The lowest BCUT2D eigenvalue weighted by molar-refractivity contribution is -0.137. The summed E-state index contributed by atoms with van der Waals surface area (Å²) in [7, 11) is 0. The van der Waals surface area contributed by atoms with E-state index < -0.39 is 17.6 Å². The van der Waals surface area contributed by atoms with E-state index in [0.717, 1.165) is 18.2 Å². The van der Waals surface area contributed by atoms with E-state index in [1.165, 1.54) is 6.07 Å². The lowest BCUT2D eigenvalue weighted by Gasteiger charge is -2.20. The summed E-state index contributed by atoms with van der Waals surface area (Å²) in [6.07, 6.45) is -4.54. The molecule has 2 rings (SSSR count). The van der Waals surface area contributed by atoms with E-state index in [-0.39, 0.29) is 16.4 Å². The molecule has 0 radical (unpaired) electrons. The fraction of sp³-hybridized carbons (Fsp3) is 0.353. The Kier molecular flexibility index (Phi) is 6.07. The van der Waals surface area contributed by atoms with Gasteiger partial charge in [0.15, 0.2) is 0 Å². The summed E-state index contributed by atoms with van der Waals surface area (Å²) in [4.78, 5) is 22.8. The van der Waals surface area contributed by atoms with Gasteiger partial charge >= 0.3 is 6.18 Å². The third kappa shape index (κ3) is 4.63. The number of aromatic nitrogens is 2. The van der Waals surface area contributed by atoms with Gasteiger partial charge in [-0.15, -0.1) is 0 Å². The van der Waals surface area contributed by atoms with Crippen molar-refractivity contribution in [1.82, 2.24) is 9.97 Å². The monoisotopic (exact) mass is 386 g/mol. The topological polar surface area (TPSA) is 58.1 Å². The molecule has 0 unspecified atom stereocenters. The molecule has 9 heteroatoms. The average Bonchev–Trinajstić information content (AvgIpc) is 2.56. The fourth-order valence-electron chi connectivity index (χ4n) is 2.36. The minimum Gasteiger partial charge on any atom is -0.357 e. The van der Waals surface area contributed by atoms with Crippen LogP contribution < -0.4 is 10.2 Å².